The molecule has 8 nitrogen and oxygen atoms in total. The second kappa shape index (κ2) is 11.0. The molecule has 0 bridgehead atoms. The summed E-state index contributed by atoms with van der Waals surface area (Å²) in [5.41, 5.74) is 1.08. The van der Waals surface area contributed by atoms with Gasteiger partial charge in [0.2, 0.25) is 15.9 Å². The van der Waals surface area contributed by atoms with Crippen LogP contribution in [0.4, 0.5) is 11.4 Å². The largest absolute Gasteiger partial charge is 0.323 e. The summed E-state index contributed by atoms with van der Waals surface area (Å²) in [4.78, 5) is 22.5. The Morgan fingerprint density at radius 2 is 1.53 bits per heavy atom. The molecule has 0 saturated heterocycles. The molecule has 0 heterocycles. The van der Waals surface area contributed by atoms with Gasteiger partial charge in [-0.3, -0.25) is 14.9 Å². The van der Waals surface area contributed by atoms with Crippen molar-refractivity contribution < 1.29 is 18.1 Å². The van der Waals surface area contributed by atoms with Crippen LogP contribution in [0.15, 0.2) is 59.5 Å². The van der Waals surface area contributed by atoms with Crippen molar-refractivity contribution in [1.82, 2.24) is 4.31 Å². The SMILES string of the molecule is CC(C)CN(CC(C)C)S(=O)(=O)c1ccc(NC(=O)/C=C/c2ccc([N+](=O)[O-])cc2)cc1. The number of hydrogen-bond donors (Lipinski definition) is 1. The quantitative estimate of drug-likeness (QED) is 0.318. The number of nitrogens with zero attached hydrogens (tertiary/aromatic N) is 2. The number of hydrogen-bond acceptors (Lipinski definition) is 5. The van der Waals surface area contributed by atoms with Crippen molar-refractivity contribution in [2.45, 2.75) is 32.6 Å². The summed E-state index contributed by atoms with van der Waals surface area (Å²) in [7, 11) is -3.63. The van der Waals surface area contributed by atoms with Crippen molar-refractivity contribution in [2.75, 3.05) is 18.4 Å². The highest BCUT2D eigenvalue weighted by Crippen LogP contribution is 2.21. The Morgan fingerprint density at radius 1 is 1.00 bits per heavy atom. The zero-order valence-corrected chi connectivity index (χ0v) is 19.5. The van der Waals surface area contributed by atoms with E-state index in [-0.39, 0.29) is 22.4 Å². The van der Waals surface area contributed by atoms with Crippen LogP contribution < -0.4 is 5.32 Å². The van der Waals surface area contributed by atoms with Crippen LogP contribution in [0.5, 0.6) is 0 Å². The van der Waals surface area contributed by atoms with Crippen molar-refractivity contribution in [2.24, 2.45) is 11.8 Å². The lowest BCUT2D eigenvalue weighted by Crippen LogP contribution is -2.37. The lowest BCUT2D eigenvalue weighted by Gasteiger charge is -2.25. The Kier molecular flexibility index (Phi) is 8.68. The van der Waals surface area contributed by atoms with Gasteiger partial charge in [-0.25, -0.2) is 8.42 Å². The predicted molar refractivity (Wildman–Crippen MR) is 126 cm³/mol. The number of sulfonamides is 1. The van der Waals surface area contributed by atoms with E-state index in [0.717, 1.165) is 0 Å². The Bertz CT molecular complexity index is 1050. The summed E-state index contributed by atoms with van der Waals surface area (Å²) in [5.74, 6) is -0.00514. The lowest BCUT2D eigenvalue weighted by molar-refractivity contribution is -0.384. The van der Waals surface area contributed by atoms with Crippen molar-refractivity contribution in [3.63, 3.8) is 0 Å². The molecule has 172 valence electrons. The van der Waals surface area contributed by atoms with Crippen LogP contribution in [-0.2, 0) is 14.8 Å². The third kappa shape index (κ3) is 7.28. The van der Waals surface area contributed by atoms with Crippen molar-refractivity contribution in [3.05, 3.63) is 70.3 Å². The molecular formula is C23H29N3O5S. The van der Waals surface area contributed by atoms with Crippen LogP contribution in [0.25, 0.3) is 6.08 Å². The number of carbonyl (C=O) groups excluding carboxylic acids is 1. The second-order valence-electron chi connectivity index (χ2n) is 8.31. The minimum atomic E-state index is -3.63. The van der Waals surface area contributed by atoms with Gasteiger partial charge in [0.1, 0.15) is 0 Å². The van der Waals surface area contributed by atoms with Crippen molar-refractivity contribution in [1.29, 1.82) is 0 Å². The van der Waals surface area contributed by atoms with Gasteiger partial charge in [0.15, 0.2) is 0 Å². The van der Waals surface area contributed by atoms with E-state index in [0.29, 0.717) is 24.3 Å². The first-order valence-corrected chi connectivity index (χ1v) is 11.8. The first-order valence-electron chi connectivity index (χ1n) is 10.3. The summed E-state index contributed by atoms with van der Waals surface area (Å²) in [5, 5.41) is 13.4. The molecule has 0 aromatic heterocycles. The number of rotatable bonds is 10. The van der Waals surface area contributed by atoms with Gasteiger partial charge < -0.3 is 5.32 Å². The van der Waals surface area contributed by atoms with E-state index < -0.39 is 20.9 Å². The summed E-state index contributed by atoms with van der Waals surface area (Å²) in [6, 6.07) is 11.9. The normalized spacial score (nSPS) is 12.1. The Morgan fingerprint density at radius 3 is 2.00 bits per heavy atom. The second-order valence-corrected chi connectivity index (χ2v) is 10.2. The van der Waals surface area contributed by atoms with Gasteiger partial charge in [-0.1, -0.05) is 27.7 Å². The number of non-ortho nitro benzene ring substituents is 1. The fourth-order valence-electron chi connectivity index (χ4n) is 3.01. The fourth-order valence-corrected chi connectivity index (χ4v) is 4.77. The summed E-state index contributed by atoms with van der Waals surface area (Å²) in [6.45, 7) is 8.79. The molecule has 1 N–H and O–H groups in total. The van der Waals surface area contributed by atoms with E-state index in [1.165, 1.54) is 40.7 Å². The number of amides is 1. The summed E-state index contributed by atoms with van der Waals surface area (Å²) < 4.78 is 27.6. The first kappa shape index (κ1) is 25.2. The molecule has 0 aliphatic rings. The summed E-state index contributed by atoms with van der Waals surface area (Å²) in [6.07, 6.45) is 2.84. The highest BCUT2D eigenvalue weighted by Gasteiger charge is 2.25. The van der Waals surface area contributed by atoms with Gasteiger partial charge in [-0.15, -0.1) is 0 Å². The highest BCUT2D eigenvalue weighted by molar-refractivity contribution is 7.89. The fraction of sp³-hybridized carbons (Fsp3) is 0.348. The third-order valence-corrected chi connectivity index (χ3v) is 6.27. The molecule has 0 aliphatic carbocycles. The number of nitro benzene ring substituents is 1. The zero-order valence-electron chi connectivity index (χ0n) is 18.7. The van der Waals surface area contributed by atoms with E-state index in [2.05, 4.69) is 5.32 Å². The molecule has 2 aromatic rings. The smallest absolute Gasteiger partial charge is 0.269 e. The first-order chi connectivity index (χ1) is 15.0. The van der Waals surface area contributed by atoms with Crippen LogP contribution in [0, 0.1) is 22.0 Å². The number of carbonyl (C=O) groups is 1. The molecule has 0 spiro atoms. The Hall–Kier alpha value is -3.04. The van der Waals surface area contributed by atoms with Gasteiger partial charge in [0, 0.05) is 37.0 Å². The molecule has 2 rings (SSSR count). The van der Waals surface area contributed by atoms with Crippen LogP contribution >= 0.6 is 0 Å². The minimum Gasteiger partial charge on any atom is -0.323 e. The highest BCUT2D eigenvalue weighted by atomic mass is 32.2. The molecule has 1 amide bonds. The van der Waals surface area contributed by atoms with Crippen LogP contribution in [0.2, 0.25) is 0 Å². The Labute approximate surface area is 189 Å². The topological polar surface area (TPSA) is 110 Å². The molecular weight excluding hydrogens is 430 g/mol. The van der Waals surface area contributed by atoms with E-state index in [4.69, 9.17) is 0 Å². The maximum Gasteiger partial charge on any atom is 0.269 e. The number of nitrogens with one attached hydrogen (secondary N) is 1. The van der Waals surface area contributed by atoms with Gasteiger partial charge >= 0.3 is 0 Å². The maximum absolute atomic E-state index is 13.0. The average molecular weight is 460 g/mol. The summed E-state index contributed by atoms with van der Waals surface area (Å²) >= 11 is 0. The molecule has 0 aliphatic heterocycles. The monoisotopic (exact) mass is 459 g/mol. The molecule has 0 radical (unpaired) electrons. The van der Waals surface area contributed by atoms with Crippen LogP contribution in [0.3, 0.4) is 0 Å². The molecule has 32 heavy (non-hydrogen) atoms. The Balaban J connectivity index is 2.07. The standard InChI is InChI=1S/C23H29N3O5S/c1-17(2)15-25(16-18(3)4)32(30,31)22-12-8-20(9-13-22)24-23(27)14-7-19-5-10-21(11-6-19)26(28)29/h5-14,17-18H,15-16H2,1-4H3,(H,24,27)/b14-7+. The van der Waals surface area contributed by atoms with Crippen molar-refractivity contribution >= 4 is 33.4 Å². The van der Waals surface area contributed by atoms with E-state index in [9.17, 15) is 23.3 Å². The van der Waals surface area contributed by atoms with Crippen LogP contribution in [-0.4, -0.2) is 36.6 Å². The zero-order chi connectivity index (χ0) is 23.9. The van der Waals surface area contributed by atoms with Crippen LogP contribution in [0.1, 0.15) is 33.3 Å². The molecule has 0 unspecified atom stereocenters. The lowest BCUT2D eigenvalue weighted by atomic mass is 10.2. The molecule has 9 heteroatoms. The van der Waals surface area contributed by atoms with E-state index >= 15 is 0 Å². The predicted octanol–water partition coefficient (Wildman–Crippen LogP) is 4.55. The number of anilines is 1. The van der Waals surface area contributed by atoms with Gasteiger partial charge in [0.25, 0.3) is 5.69 Å². The van der Waals surface area contributed by atoms with Gasteiger partial charge in [-0.2, -0.15) is 4.31 Å². The van der Waals surface area contributed by atoms with Gasteiger partial charge in [-0.05, 0) is 59.9 Å². The third-order valence-electron chi connectivity index (χ3n) is 4.43. The molecule has 0 fully saturated rings. The van der Waals surface area contributed by atoms with Gasteiger partial charge in [0.05, 0.1) is 9.82 Å². The van der Waals surface area contributed by atoms with E-state index in [1.54, 1.807) is 24.3 Å². The number of nitro groups is 1. The molecule has 0 atom stereocenters. The number of benzene rings is 2. The minimum absolute atomic E-state index is 0.0259. The average Bonchev–Trinajstić information content (AvgIpc) is 2.72. The maximum atomic E-state index is 13.0. The van der Waals surface area contributed by atoms with E-state index in [1.807, 2.05) is 27.7 Å². The van der Waals surface area contributed by atoms with Crippen molar-refractivity contribution in [3.8, 4) is 0 Å². The molecule has 0 saturated carbocycles. The molecule has 2 aromatic carbocycles.